The molecule has 0 saturated carbocycles. The number of carbonyl (C=O) groups excluding carboxylic acids is 1. The van der Waals surface area contributed by atoms with Gasteiger partial charge in [-0.2, -0.15) is 5.10 Å². The van der Waals surface area contributed by atoms with Gasteiger partial charge in [0.25, 0.3) is 5.91 Å². The first-order chi connectivity index (χ1) is 11.2. The van der Waals surface area contributed by atoms with E-state index in [2.05, 4.69) is 15.5 Å². The Labute approximate surface area is 133 Å². The van der Waals surface area contributed by atoms with Crippen LogP contribution in [0.3, 0.4) is 0 Å². The van der Waals surface area contributed by atoms with Gasteiger partial charge in [-0.25, -0.2) is 5.43 Å². The number of nitrogens with one attached hydrogen (secondary N) is 1. The van der Waals surface area contributed by atoms with Crippen molar-refractivity contribution in [1.29, 1.82) is 0 Å². The predicted molar refractivity (Wildman–Crippen MR) is 85.4 cm³/mol. The molecule has 0 aliphatic rings. The van der Waals surface area contributed by atoms with Crippen LogP contribution in [0.5, 0.6) is 17.2 Å². The van der Waals surface area contributed by atoms with Crippen LogP contribution in [0.2, 0.25) is 0 Å². The molecule has 0 aliphatic heterocycles. The van der Waals surface area contributed by atoms with E-state index in [0.717, 1.165) is 0 Å². The van der Waals surface area contributed by atoms with Crippen LogP contribution >= 0.6 is 0 Å². The molecule has 7 heteroatoms. The number of benzene rings is 1. The summed E-state index contributed by atoms with van der Waals surface area (Å²) in [5, 5.41) is 3.92. The number of carbonyl (C=O) groups is 1. The highest BCUT2D eigenvalue weighted by Crippen LogP contribution is 2.37. The Morgan fingerprint density at radius 2 is 1.87 bits per heavy atom. The van der Waals surface area contributed by atoms with E-state index in [9.17, 15) is 4.79 Å². The molecule has 7 nitrogen and oxygen atoms in total. The number of ether oxygens (including phenoxy) is 3. The lowest BCUT2D eigenvalue weighted by Gasteiger charge is -2.12. The summed E-state index contributed by atoms with van der Waals surface area (Å²) in [6.07, 6.45) is 4.54. The number of hydrogen-bond donors (Lipinski definition) is 1. The molecule has 23 heavy (non-hydrogen) atoms. The molecule has 120 valence electrons. The van der Waals surface area contributed by atoms with Crippen LogP contribution in [0.15, 0.2) is 41.8 Å². The quantitative estimate of drug-likeness (QED) is 0.650. The zero-order chi connectivity index (χ0) is 16.7. The third-order valence-electron chi connectivity index (χ3n) is 2.99. The molecule has 0 unspecified atom stereocenters. The number of nitrogens with zero attached hydrogens (tertiary/aromatic N) is 2. The van der Waals surface area contributed by atoms with E-state index in [1.807, 2.05) is 0 Å². The van der Waals surface area contributed by atoms with Gasteiger partial charge in [0.1, 0.15) is 0 Å². The fourth-order valence-electron chi connectivity index (χ4n) is 1.90. The zero-order valence-electron chi connectivity index (χ0n) is 13.1. The molecule has 0 radical (unpaired) electrons. The summed E-state index contributed by atoms with van der Waals surface area (Å²) in [7, 11) is 4.59. The molecule has 1 aromatic carbocycles. The van der Waals surface area contributed by atoms with Gasteiger partial charge in [0, 0.05) is 18.0 Å². The van der Waals surface area contributed by atoms with Crippen molar-refractivity contribution in [2.24, 2.45) is 5.10 Å². The van der Waals surface area contributed by atoms with E-state index >= 15 is 0 Å². The number of hydrazone groups is 1. The highest BCUT2D eigenvalue weighted by molar-refractivity contribution is 5.94. The first-order valence-electron chi connectivity index (χ1n) is 6.73. The van der Waals surface area contributed by atoms with E-state index in [-0.39, 0.29) is 5.91 Å². The van der Waals surface area contributed by atoms with Crippen molar-refractivity contribution in [3.8, 4) is 17.2 Å². The Kier molecular flexibility index (Phi) is 5.51. The minimum absolute atomic E-state index is 0.346. The van der Waals surface area contributed by atoms with Crippen LogP contribution in [0.25, 0.3) is 0 Å². The Morgan fingerprint density at radius 1 is 1.17 bits per heavy atom. The molecule has 0 spiro atoms. The van der Waals surface area contributed by atoms with Crippen molar-refractivity contribution in [1.82, 2.24) is 10.4 Å². The van der Waals surface area contributed by atoms with Gasteiger partial charge in [-0.15, -0.1) is 0 Å². The molecule has 0 saturated heterocycles. The number of rotatable bonds is 6. The maximum atomic E-state index is 11.8. The van der Waals surface area contributed by atoms with Gasteiger partial charge < -0.3 is 14.2 Å². The SMILES string of the molecule is COc1cc(C=NNC(=O)c2cccnc2)cc(OC)c1OC. The summed E-state index contributed by atoms with van der Waals surface area (Å²) in [6.45, 7) is 0. The highest BCUT2D eigenvalue weighted by atomic mass is 16.5. The third kappa shape index (κ3) is 3.97. The fraction of sp³-hybridized carbons (Fsp3) is 0.188. The number of amides is 1. The van der Waals surface area contributed by atoms with E-state index < -0.39 is 0 Å². The molecule has 1 amide bonds. The summed E-state index contributed by atoms with van der Waals surface area (Å²) < 4.78 is 15.8. The second-order valence-electron chi connectivity index (χ2n) is 4.40. The summed E-state index contributed by atoms with van der Waals surface area (Å²) in [4.78, 5) is 15.7. The second kappa shape index (κ2) is 7.79. The Bertz CT molecular complexity index is 677. The average Bonchev–Trinajstić information content (AvgIpc) is 2.61. The molecule has 0 fully saturated rings. The fourth-order valence-corrected chi connectivity index (χ4v) is 1.90. The minimum atomic E-state index is -0.346. The lowest BCUT2D eigenvalue weighted by Crippen LogP contribution is -2.17. The van der Waals surface area contributed by atoms with Gasteiger partial charge in [-0.1, -0.05) is 0 Å². The van der Waals surface area contributed by atoms with Crippen LogP contribution in [0, 0.1) is 0 Å². The molecule has 1 heterocycles. The molecule has 1 N–H and O–H groups in total. The normalized spacial score (nSPS) is 10.4. The van der Waals surface area contributed by atoms with Crippen molar-refractivity contribution in [3.63, 3.8) is 0 Å². The van der Waals surface area contributed by atoms with Crippen LogP contribution in [0.1, 0.15) is 15.9 Å². The topological polar surface area (TPSA) is 82.0 Å². The summed E-state index contributed by atoms with van der Waals surface area (Å²) in [5.74, 6) is 1.16. The maximum absolute atomic E-state index is 11.8. The van der Waals surface area contributed by atoms with Crippen LogP contribution < -0.4 is 19.6 Å². The standard InChI is InChI=1S/C16H17N3O4/c1-21-13-7-11(8-14(22-2)15(13)23-3)9-18-19-16(20)12-5-4-6-17-10-12/h4-10H,1-3H3,(H,19,20). The Hall–Kier alpha value is -3.09. The molecule has 0 aliphatic carbocycles. The van der Waals surface area contributed by atoms with E-state index in [1.165, 1.54) is 33.7 Å². The Balaban J connectivity index is 2.15. The van der Waals surface area contributed by atoms with Gasteiger partial charge in [0.2, 0.25) is 5.75 Å². The third-order valence-corrected chi connectivity index (χ3v) is 2.99. The number of aromatic nitrogens is 1. The van der Waals surface area contributed by atoms with Gasteiger partial charge in [0.05, 0.1) is 33.1 Å². The molecule has 0 bridgehead atoms. The van der Waals surface area contributed by atoms with Crippen molar-refractivity contribution in [2.45, 2.75) is 0 Å². The smallest absolute Gasteiger partial charge is 0.272 e. The first kappa shape index (κ1) is 16.3. The van der Waals surface area contributed by atoms with Crippen molar-refractivity contribution in [3.05, 3.63) is 47.8 Å². The average molecular weight is 315 g/mol. The van der Waals surface area contributed by atoms with Gasteiger partial charge in [0.15, 0.2) is 11.5 Å². The van der Waals surface area contributed by atoms with Gasteiger partial charge in [-0.05, 0) is 24.3 Å². The Morgan fingerprint density at radius 3 is 2.39 bits per heavy atom. The van der Waals surface area contributed by atoms with Crippen molar-refractivity contribution in [2.75, 3.05) is 21.3 Å². The van der Waals surface area contributed by atoms with E-state index in [0.29, 0.717) is 28.4 Å². The maximum Gasteiger partial charge on any atom is 0.272 e. The summed E-state index contributed by atoms with van der Waals surface area (Å²) in [5.41, 5.74) is 3.54. The first-order valence-corrected chi connectivity index (χ1v) is 6.73. The van der Waals surface area contributed by atoms with Gasteiger partial charge >= 0.3 is 0 Å². The van der Waals surface area contributed by atoms with Gasteiger partial charge in [-0.3, -0.25) is 9.78 Å². The molecule has 1 aromatic heterocycles. The predicted octanol–water partition coefficient (Wildman–Crippen LogP) is 1.87. The second-order valence-corrected chi connectivity index (χ2v) is 4.40. The van der Waals surface area contributed by atoms with Crippen LogP contribution in [-0.2, 0) is 0 Å². The van der Waals surface area contributed by atoms with E-state index in [1.54, 1.807) is 30.5 Å². The lowest BCUT2D eigenvalue weighted by molar-refractivity contribution is 0.0955. The summed E-state index contributed by atoms with van der Waals surface area (Å²) >= 11 is 0. The van der Waals surface area contributed by atoms with Crippen molar-refractivity contribution >= 4 is 12.1 Å². The summed E-state index contributed by atoms with van der Waals surface area (Å²) in [6, 6.07) is 6.78. The highest BCUT2D eigenvalue weighted by Gasteiger charge is 2.12. The molecule has 2 rings (SSSR count). The number of pyridine rings is 1. The molecular formula is C16H17N3O4. The number of hydrogen-bond acceptors (Lipinski definition) is 6. The van der Waals surface area contributed by atoms with Crippen molar-refractivity contribution < 1.29 is 19.0 Å². The van der Waals surface area contributed by atoms with E-state index in [4.69, 9.17) is 14.2 Å². The zero-order valence-corrected chi connectivity index (χ0v) is 13.1. The molecule has 0 atom stereocenters. The van der Waals surface area contributed by atoms with Crippen LogP contribution in [-0.4, -0.2) is 38.4 Å². The largest absolute Gasteiger partial charge is 0.493 e. The monoisotopic (exact) mass is 315 g/mol. The molecular weight excluding hydrogens is 298 g/mol. The lowest BCUT2D eigenvalue weighted by atomic mass is 10.2. The minimum Gasteiger partial charge on any atom is -0.493 e. The number of methoxy groups -OCH3 is 3. The molecule has 2 aromatic rings. The van der Waals surface area contributed by atoms with Crippen LogP contribution in [0.4, 0.5) is 0 Å².